The zero-order valence-electron chi connectivity index (χ0n) is 14.9. The highest BCUT2D eigenvalue weighted by Crippen LogP contribution is 2.27. The first-order valence-electron chi connectivity index (χ1n) is 8.58. The average Bonchev–Trinajstić information content (AvgIpc) is 3.20. The smallest absolute Gasteiger partial charge is 0.278 e. The Hall–Kier alpha value is -4.33. The summed E-state index contributed by atoms with van der Waals surface area (Å²) in [5, 5.41) is 22.5. The van der Waals surface area contributed by atoms with Gasteiger partial charge in [-0.05, 0) is 42.5 Å². The van der Waals surface area contributed by atoms with Crippen LogP contribution in [0.5, 0.6) is 0 Å². The minimum absolute atomic E-state index is 0.00884. The second kappa shape index (κ2) is 7.35. The number of pyridine rings is 1. The molecule has 0 aliphatic carbocycles. The number of non-ortho nitro benzene ring substituents is 2. The average molecular weight is 387 g/mol. The number of nitro groups is 2. The Morgan fingerprint density at radius 3 is 2.48 bits per heavy atom. The van der Waals surface area contributed by atoms with Crippen molar-refractivity contribution >= 4 is 34.4 Å². The first kappa shape index (κ1) is 18.1. The van der Waals surface area contributed by atoms with E-state index in [1.54, 1.807) is 60.7 Å². The van der Waals surface area contributed by atoms with Crippen LogP contribution in [0.4, 0.5) is 11.4 Å². The van der Waals surface area contributed by atoms with Crippen molar-refractivity contribution in [3.05, 3.63) is 98.4 Å². The summed E-state index contributed by atoms with van der Waals surface area (Å²) in [4.78, 5) is 25.6. The summed E-state index contributed by atoms with van der Waals surface area (Å²) in [6.45, 7) is 0. The Kier molecular flexibility index (Phi) is 4.58. The van der Waals surface area contributed by atoms with Crippen molar-refractivity contribution in [3.8, 4) is 11.3 Å². The molecule has 0 N–H and O–H groups in total. The number of aromatic nitrogens is 1. The fourth-order valence-corrected chi connectivity index (χ4v) is 2.94. The van der Waals surface area contributed by atoms with E-state index in [0.29, 0.717) is 33.7 Å². The van der Waals surface area contributed by atoms with E-state index in [1.807, 2.05) is 0 Å². The van der Waals surface area contributed by atoms with Gasteiger partial charge in [-0.25, -0.2) is 4.98 Å². The lowest BCUT2D eigenvalue weighted by atomic mass is 10.1. The lowest BCUT2D eigenvalue weighted by molar-refractivity contribution is -0.384. The topological polar surface area (TPSA) is 112 Å². The maximum absolute atomic E-state index is 11.1. The third kappa shape index (κ3) is 3.72. The molecule has 2 aromatic heterocycles. The van der Waals surface area contributed by atoms with Gasteiger partial charge in [0.1, 0.15) is 11.5 Å². The highest BCUT2D eigenvalue weighted by Gasteiger charge is 2.12. The summed E-state index contributed by atoms with van der Waals surface area (Å²) in [7, 11) is 0. The standard InChI is InChI=1S/C21H13N3O5/c25-23(26)16-4-1-3-14(13-16)21-12-10-17(29-21)9-7-15-8-11-18-19(22-15)5-2-6-20(18)24(27)28/h1-13H. The van der Waals surface area contributed by atoms with Gasteiger partial charge in [0.25, 0.3) is 11.4 Å². The molecule has 0 radical (unpaired) electrons. The molecule has 29 heavy (non-hydrogen) atoms. The molecule has 4 aromatic rings. The lowest BCUT2D eigenvalue weighted by Gasteiger charge is -2.00. The normalized spacial score (nSPS) is 11.2. The zero-order chi connectivity index (χ0) is 20.4. The van der Waals surface area contributed by atoms with Crippen LogP contribution in [0.2, 0.25) is 0 Å². The van der Waals surface area contributed by atoms with E-state index in [-0.39, 0.29) is 11.4 Å². The van der Waals surface area contributed by atoms with E-state index in [0.717, 1.165) is 0 Å². The van der Waals surface area contributed by atoms with Crippen LogP contribution in [0.1, 0.15) is 11.5 Å². The van der Waals surface area contributed by atoms with Gasteiger partial charge < -0.3 is 4.42 Å². The summed E-state index contributed by atoms with van der Waals surface area (Å²) in [6.07, 6.45) is 3.45. The van der Waals surface area contributed by atoms with Crippen LogP contribution in [-0.4, -0.2) is 14.8 Å². The van der Waals surface area contributed by atoms with E-state index in [1.165, 1.54) is 18.2 Å². The van der Waals surface area contributed by atoms with Gasteiger partial charge in [-0.1, -0.05) is 18.2 Å². The number of rotatable bonds is 5. The van der Waals surface area contributed by atoms with E-state index in [2.05, 4.69) is 4.98 Å². The molecule has 0 unspecified atom stereocenters. The van der Waals surface area contributed by atoms with Crippen molar-refractivity contribution in [3.63, 3.8) is 0 Å². The Morgan fingerprint density at radius 2 is 1.69 bits per heavy atom. The summed E-state index contributed by atoms with van der Waals surface area (Å²) in [5.41, 5.74) is 1.75. The first-order valence-corrected chi connectivity index (χ1v) is 8.58. The van der Waals surface area contributed by atoms with Gasteiger partial charge in [-0.2, -0.15) is 0 Å². The molecule has 0 aliphatic rings. The van der Waals surface area contributed by atoms with Crippen molar-refractivity contribution in [1.29, 1.82) is 0 Å². The van der Waals surface area contributed by atoms with Gasteiger partial charge in [0, 0.05) is 23.8 Å². The molecule has 2 heterocycles. The number of nitrogens with zero attached hydrogens (tertiary/aromatic N) is 3. The number of benzene rings is 2. The second-order valence-electron chi connectivity index (χ2n) is 6.18. The molecule has 0 atom stereocenters. The van der Waals surface area contributed by atoms with Crippen molar-refractivity contribution in [2.75, 3.05) is 0 Å². The Labute approximate surface area is 164 Å². The highest BCUT2D eigenvalue weighted by atomic mass is 16.6. The number of fused-ring (bicyclic) bond motifs is 1. The molecular formula is C21H13N3O5. The minimum atomic E-state index is -0.455. The lowest BCUT2D eigenvalue weighted by Crippen LogP contribution is -1.91. The summed E-state index contributed by atoms with van der Waals surface area (Å²) < 4.78 is 5.74. The van der Waals surface area contributed by atoms with Crippen LogP contribution in [-0.2, 0) is 0 Å². The number of hydrogen-bond acceptors (Lipinski definition) is 6. The third-order valence-corrected chi connectivity index (χ3v) is 4.31. The van der Waals surface area contributed by atoms with E-state index < -0.39 is 9.85 Å². The van der Waals surface area contributed by atoms with Gasteiger partial charge in [-0.3, -0.25) is 20.2 Å². The summed E-state index contributed by atoms with van der Waals surface area (Å²) in [5.74, 6) is 1.06. The minimum Gasteiger partial charge on any atom is -0.457 e. The number of furan rings is 1. The van der Waals surface area contributed by atoms with Gasteiger partial charge in [0.05, 0.1) is 26.4 Å². The Bertz CT molecular complexity index is 1280. The molecule has 142 valence electrons. The predicted molar refractivity (Wildman–Crippen MR) is 108 cm³/mol. The number of nitro benzene ring substituents is 2. The Balaban J connectivity index is 1.60. The largest absolute Gasteiger partial charge is 0.457 e. The molecule has 0 bridgehead atoms. The third-order valence-electron chi connectivity index (χ3n) is 4.31. The van der Waals surface area contributed by atoms with Gasteiger partial charge in [0.15, 0.2) is 0 Å². The molecule has 2 aromatic carbocycles. The van der Waals surface area contributed by atoms with E-state index >= 15 is 0 Å². The van der Waals surface area contributed by atoms with Crippen molar-refractivity contribution in [1.82, 2.24) is 4.98 Å². The van der Waals surface area contributed by atoms with Crippen LogP contribution in [0, 0.1) is 20.2 Å². The van der Waals surface area contributed by atoms with Crippen LogP contribution >= 0.6 is 0 Å². The molecule has 0 spiro atoms. The summed E-state index contributed by atoms with van der Waals surface area (Å²) in [6, 6.07) is 17.8. The predicted octanol–water partition coefficient (Wildman–Crippen LogP) is 5.48. The second-order valence-corrected chi connectivity index (χ2v) is 6.18. The molecule has 0 amide bonds. The monoisotopic (exact) mass is 387 g/mol. The summed E-state index contributed by atoms with van der Waals surface area (Å²) >= 11 is 0. The molecule has 0 aliphatic heterocycles. The van der Waals surface area contributed by atoms with Crippen LogP contribution in [0.15, 0.2) is 71.1 Å². The molecule has 8 heteroatoms. The zero-order valence-corrected chi connectivity index (χ0v) is 14.9. The molecule has 8 nitrogen and oxygen atoms in total. The maximum atomic E-state index is 11.1. The molecule has 0 saturated heterocycles. The van der Waals surface area contributed by atoms with Crippen molar-refractivity contribution in [2.24, 2.45) is 0 Å². The van der Waals surface area contributed by atoms with Gasteiger partial charge >= 0.3 is 0 Å². The van der Waals surface area contributed by atoms with Crippen LogP contribution in [0.3, 0.4) is 0 Å². The highest BCUT2D eigenvalue weighted by molar-refractivity contribution is 5.88. The van der Waals surface area contributed by atoms with E-state index in [4.69, 9.17) is 4.42 Å². The Morgan fingerprint density at radius 1 is 0.862 bits per heavy atom. The van der Waals surface area contributed by atoms with Gasteiger partial charge in [0.2, 0.25) is 0 Å². The quantitative estimate of drug-likeness (QED) is 0.331. The van der Waals surface area contributed by atoms with Crippen molar-refractivity contribution < 1.29 is 14.3 Å². The SMILES string of the molecule is O=[N+]([O-])c1cccc(-c2ccc(C=Cc3ccc4c([N+](=O)[O-])cccc4n3)o2)c1. The van der Waals surface area contributed by atoms with Crippen LogP contribution in [0.25, 0.3) is 34.4 Å². The fraction of sp³-hybridized carbons (Fsp3) is 0. The van der Waals surface area contributed by atoms with Crippen LogP contribution < -0.4 is 0 Å². The molecular weight excluding hydrogens is 374 g/mol. The molecule has 4 rings (SSSR count). The fourth-order valence-electron chi connectivity index (χ4n) is 2.94. The first-order chi connectivity index (χ1) is 14.0. The molecule has 0 saturated carbocycles. The van der Waals surface area contributed by atoms with Gasteiger partial charge in [-0.15, -0.1) is 0 Å². The van der Waals surface area contributed by atoms with E-state index in [9.17, 15) is 20.2 Å². The van der Waals surface area contributed by atoms with Crippen molar-refractivity contribution in [2.45, 2.75) is 0 Å². The maximum Gasteiger partial charge on any atom is 0.278 e. The molecule has 0 fully saturated rings. The number of hydrogen-bond donors (Lipinski definition) is 0.